The minimum atomic E-state index is -3.58. The molecule has 0 atom stereocenters. The van der Waals surface area contributed by atoms with Gasteiger partial charge in [-0.1, -0.05) is 18.2 Å². The van der Waals surface area contributed by atoms with Gasteiger partial charge < -0.3 is 9.47 Å². The maximum absolute atomic E-state index is 12.2. The number of para-hydroxylation sites is 1. The first-order chi connectivity index (χ1) is 10.5. The van der Waals surface area contributed by atoms with Crippen LogP contribution in [0.4, 0.5) is 0 Å². The number of hydrogen-bond acceptors (Lipinski definition) is 4. The normalized spacial score (nSPS) is 11.2. The van der Waals surface area contributed by atoms with Gasteiger partial charge in [0.1, 0.15) is 18.1 Å². The van der Waals surface area contributed by atoms with Gasteiger partial charge in [0.25, 0.3) is 0 Å². The Morgan fingerprint density at radius 2 is 1.86 bits per heavy atom. The van der Waals surface area contributed by atoms with E-state index in [-0.39, 0.29) is 18.0 Å². The van der Waals surface area contributed by atoms with Gasteiger partial charge >= 0.3 is 0 Å². The zero-order chi connectivity index (χ0) is 16.0. The van der Waals surface area contributed by atoms with E-state index < -0.39 is 10.0 Å². The van der Waals surface area contributed by atoms with Crippen molar-refractivity contribution in [3.8, 4) is 11.5 Å². The molecule has 7 heteroatoms. The van der Waals surface area contributed by atoms with E-state index in [1.54, 1.807) is 6.07 Å². The lowest BCUT2D eigenvalue weighted by atomic mass is 10.3. The largest absolute Gasteiger partial charge is 0.496 e. The third-order valence-corrected chi connectivity index (χ3v) is 4.92. The SMILES string of the molecule is COc1ccc(S(=O)(=O)NCCOc2ccccc2)cc1Br. The minimum Gasteiger partial charge on any atom is -0.496 e. The highest BCUT2D eigenvalue weighted by atomic mass is 79.9. The Hall–Kier alpha value is -1.57. The van der Waals surface area contributed by atoms with Crippen LogP contribution in [0.1, 0.15) is 0 Å². The molecule has 1 N–H and O–H groups in total. The first-order valence-electron chi connectivity index (χ1n) is 6.54. The highest BCUT2D eigenvalue weighted by Crippen LogP contribution is 2.27. The molecule has 22 heavy (non-hydrogen) atoms. The van der Waals surface area contributed by atoms with Crippen molar-refractivity contribution in [2.45, 2.75) is 4.90 Å². The van der Waals surface area contributed by atoms with Crippen molar-refractivity contribution in [2.24, 2.45) is 0 Å². The van der Waals surface area contributed by atoms with E-state index in [1.807, 2.05) is 30.3 Å². The molecule has 0 radical (unpaired) electrons. The number of benzene rings is 2. The van der Waals surface area contributed by atoms with Gasteiger partial charge in [-0.3, -0.25) is 0 Å². The lowest BCUT2D eigenvalue weighted by Crippen LogP contribution is -2.28. The van der Waals surface area contributed by atoms with E-state index in [4.69, 9.17) is 9.47 Å². The first-order valence-corrected chi connectivity index (χ1v) is 8.81. The molecule has 0 aliphatic rings. The van der Waals surface area contributed by atoms with E-state index >= 15 is 0 Å². The van der Waals surface area contributed by atoms with Crippen molar-refractivity contribution < 1.29 is 17.9 Å². The summed E-state index contributed by atoms with van der Waals surface area (Å²) in [7, 11) is -2.06. The zero-order valence-electron chi connectivity index (χ0n) is 12.0. The summed E-state index contributed by atoms with van der Waals surface area (Å²) in [5.41, 5.74) is 0. The van der Waals surface area contributed by atoms with E-state index in [9.17, 15) is 8.42 Å². The summed E-state index contributed by atoms with van der Waals surface area (Å²) in [6.07, 6.45) is 0. The maximum atomic E-state index is 12.2. The van der Waals surface area contributed by atoms with Crippen molar-refractivity contribution in [1.29, 1.82) is 0 Å². The van der Waals surface area contributed by atoms with Crippen molar-refractivity contribution >= 4 is 26.0 Å². The molecule has 0 heterocycles. The van der Waals surface area contributed by atoms with E-state index in [2.05, 4.69) is 20.7 Å². The van der Waals surface area contributed by atoms with Crippen LogP contribution in [0.15, 0.2) is 57.9 Å². The van der Waals surface area contributed by atoms with Crippen molar-refractivity contribution in [3.63, 3.8) is 0 Å². The average Bonchev–Trinajstić information content (AvgIpc) is 2.52. The fourth-order valence-electron chi connectivity index (χ4n) is 1.76. The molecule has 0 bridgehead atoms. The molecule has 5 nitrogen and oxygen atoms in total. The van der Waals surface area contributed by atoms with Gasteiger partial charge in [-0.25, -0.2) is 13.1 Å². The number of hydrogen-bond donors (Lipinski definition) is 1. The summed E-state index contributed by atoms with van der Waals surface area (Å²) in [6.45, 7) is 0.432. The molecule has 0 aliphatic heterocycles. The summed E-state index contributed by atoms with van der Waals surface area (Å²) < 4.78 is 37.9. The highest BCUT2D eigenvalue weighted by Gasteiger charge is 2.15. The summed E-state index contributed by atoms with van der Waals surface area (Å²) >= 11 is 3.27. The van der Waals surface area contributed by atoms with Gasteiger partial charge in [0.2, 0.25) is 10.0 Å². The van der Waals surface area contributed by atoms with Gasteiger partial charge in [-0.2, -0.15) is 0 Å². The van der Waals surface area contributed by atoms with Crippen LogP contribution in [0, 0.1) is 0 Å². The second-order valence-electron chi connectivity index (χ2n) is 4.36. The molecule has 0 amide bonds. The van der Waals surface area contributed by atoms with Crippen LogP contribution < -0.4 is 14.2 Å². The average molecular weight is 386 g/mol. The van der Waals surface area contributed by atoms with Gasteiger partial charge in [-0.05, 0) is 46.3 Å². The second-order valence-corrected chi connectivity index (χ2v) is 6.98. The van der Waals surface area contributed by atoms with Crippen LogP contribution >= 0.6 is 15.9 Å². The van der Waals surface area contributed by atoms with Gasteiger partial charge in [0.15, 0.2) is 0 Å². The molecule has 0 saturated carbocycles. The molecule has 0 spiro atoms. The number of rotatable bonds is 7. The molecule has 0 saturated heterocycles. The van der Waals surface area contributed by atoms with Gasteiger partial charge in [-0.15, -0.1) is 0 Å². The Morgan fingerprint density at radius 1 is 1.14 bits per heavy atom. The molecule has 0 unspecified atom stereocenters. The Bertz CT molecular complexity index is 720. The molecular formula is C15H16BrNO4S. The monoisotopic (exact) mass is 385 g/mol. The summed E-state index contributed by atoms with van der Waals surface area (Å²) in [5.74, 6) is 1.28. The molecule has 2 rings (SSSR count). The standard InChI is InChI=1S/C15H16BrNO4S/c1-20-15-8-7-13(11-14(15)16)22(18,19)17-9-10-21-12-5-3-2-4-6-12/h2-8,11,17H,9-10H2,1H3. The highest BCUT2D eigenvalue weighted by molar-refractivity contribution is 9.10. The molecule has 2 aromatic rings. The summed E-state index contributed by atoms with van der Waals surface area (Å²) in [4.78, 5) is 0.167. The first kappa shape index (κ1) is 16.8. The van der Waals surface area contributed by atoms with Crippen LogP contribution in [-0.2, 0) is 10.0 Å². The molecule has 2 aromatic carbocycles. The van der Waals surface area contributed by atoms with E-state index in [0.29, 0.717) is 16.0 Å². The Morgan fingerprint density at radius 3 is 2.50 bits per heavy atom. The smallest absolute Gasteiger partial charge is 0.240 e. The van der Waals surface area contributed by atoms with Gasteiger partial charge in [0, 0.05) is 6.54 Å². The minimum absolute atomic E-state index is 0.167. The molecular weight excluding hydrogens is 370 g/mol. The number of methoxy groups -OCH3 is 1. The van der Waals surface area contributed by atoms with E-state index in [1.165, 1.54) is 19.2 Å². The number of halogens is 1. The second kappa shape index (κ2) is 7.62. The Balaban J connectivity index is 1.92. The third kappa shape index (κ3) is 4.46. The quantitative estimate of drug-likeness (QED) is 0.744. The molecule has 0 aliphatic carbocycles. The van der Waals surface area contributed by atoms with Crippen molar-refractivity contribution in [2.75, 3.05) is 20.3 Å². The van der Waals surface area contributed by atoms with Crippen LogP contribution in [-0.4, -0.2) is 28.7 Å². The maximum Gasteiger partial charge on any atom is 0.240 e. The topological polar surface area (TPSA) is 64.6 Å². The van der Waals surface area contributed by atoms with Crippen molar-refractivity contribution in [3.05, 3.63) is 53.0 Å². The predicted molar refractivity (Wildman–Crippen MR) is 87.8 cm³/mol. The summed E-state index contributed by atoms with van der Waals surface area (Å²) in [6, 6.07) is 13.8. The lowest BCUT2D eigenvalue weighted by molar-refractivity contribution is 0.323. The number of ether oxygens (including phenoxy) is 2. The fraction of sp³-hybridized carbons (Fsp3) is 0.200. The van der Waals surface area contributed by atoms with Crippen molar-refractivity contribution in [1.82, 2.24) is 4.72 Å². The molecule has 0 aromatic heterocycles. The predicted octanol–water partition coefficient (Wildman–Crippen LogP) is 2.82. The van der Waals surface area contributed by atoms with Crippen LogP contribution in [0.5, 0.6) is 11.5 Å². The Labute approximate surface area is 138 Å². The van der Waals surface area contributed by atoms with Crippen LogP contribution in [0.3, 0.4) is 0 Å². The third-order valence-electron chi connectivity index (χ3n) is 2.84. The fourth-order valence-corrected chi connectivity index (χ4v) is 3.49. The van der Waals surface area contributed by atoms with Crippen LogP contribution in [0.2, 0.25) is 0 Å². The van der Waals surface area contributed by atoms with Gasteiger partial charge in [0.05, 0.1) is 16.5 Å². The van der Waals surface area contributed by atoms with E-state index in [0.717, 1.165) is 0 Å². The number of nitrogens with one attached hydrogen (secondary N) is 1. The summed E-state index contributed by atoms with van der Waals surface area (Å²) in [5, 5.41) is 0. The Kier molecular flexibility index (Phi) is 5.82. The lowest BCUT2D eigenvalue weighted by Gasteiger charge is -2.10. The number of sulfonamides is 1. The van der Waals surface area contributed by atoms with Crippen LogP contribution in [0.25, 0.3) is 0 Å². The molecule has 118 valence electrons. The molecule has 0 fully saturated rings. The zero-order valence-corrected chi connectivity index (χ0v) is 14.4.